The Hall–Kier alpha value is -0.110. The van der Waals surface area contributed by atoms with E-state index >= 15 is 0 Å². The number of hydrogen-bond acceptors (Lipinski definition) is 1. The predicted molar refractivity (Wildman–Crippen MR) is 46.4 cm³/mol. The molecule has 0 aromatic carbocycles. The van der Waals surface area contributed by atoms with Crippen LogP contribution in [0, 0.1) is 5.41 Å². The highest BCUT2D eigenvalue weighted by Crippen LogP contribution is 2.30. The highest BCUT2D eigenvalue weighted by atomic mass is 35.5. The van der Waals surface area contributed by atoms with Gasteiger partial charge in [0.15, 0.2) is 7.05 Å². The van der Waals surface area contributed by atoms with Gasteiger partial charge in [-0.15, -0.1) is 16.3 Å². The van der Waals surface area contributed by atoms with E-state index in [1.807, 2.05) is 11.7 Å². The Labute approximate surface area is 73.2 Å². The summed E-state index contributed by atoms with van der Waals surface area (Å²) in [5.41, 5.74) is 0.223. The van der Waals surface area contributed by atoms with Gasteiger partial charge in [0, 0.05) is 5.41 Å². The third-order valence-electron chi connectivity index (χ3n) is 2.11. The number of alkyl halides is 1. The van der Waals surface area contributed by atoms with E-state index < -0.39 is 0 Å². The Morgan fingerprint density at radius 1 is 1.45 bits per heavy atom. The lowest BCUT2D eigenvalue weighted by molar-refractivity contribution is -0.601. The number of nitrogens with zero attached hydrogens (tertiary/aromatic N) is 2. The SMILES string of the molecule is C[N+]1=NCC(Cl)C1C(C)(C)C. The second-order valence-corrected chi connectivity index (χ2v) is 4.79. The first-order valence-electron chi connectivity index (χ1n) is 3.97. The molecule has 0 saturated heterocycles. The van der Waals surface area contributed by atoms with Gasteiger partial charge in [0.05, 0.1) is 0 Å². The largest absolute Gasteiger partial charge is 0.200 e. The highest BCUT2D eigenvalue weighted by molar-refractivity contribution is 6.21. The summed E-state index contributed by atoms with van der Waals surface area (Å²) in [6, 6.07) is 0.379. The maximum absolute atomic E-state index is 6.12. The van der Waals surface area contributed by atoms with Crippen LogP contribution in [0.4, 0.5) is 0 Å². The first-order valence-corrected chi connectivity index (χ1v) is 4.41. The van der Waals surface area contributed by atoms with Crippen molar-refractivity contribution in [3.63, 3.8) is 0 Å². The molecule has 0 radical (unpaired) electrons. The summed E-state index contributed by atoms with van der Waals surface area (Å²) in [7, 11) is 2.00. The average Bonchev–Trinajstić information content (AvgIpc) is 2.08. The molecule has 3 heteroatoms. The minimum Gasteiger partial charge on any atom is -0.125 e. The summed E-state index contributed by atoms with van der Waals surface area (Å²) in [6.07, 6.45) is 0. The first kappa shape index (κ1) is 8.98. The molecule has 0 N–H and O–H groups in total. The fourth-order valence-electron chi connectivity index (χ4n) is 1.73. The Morgan fingerprint density at radius 2 is 2.00 bits per heavy atom. The normalized spacial score (nSPS) is 32.3. The summed E-state index contributed by atoms with van der Waals surface area (Å²) in [5, 5.41) is 4.45. The van der Waals surface area contributed by atoms with E-state index in [4.69, 9.17) is 11.6 Å². The van der Waals surface area contributed by atoms with Crippen LogP contribution in [-0.4, -0.2) is 29.7 Å². The number of hydrogen-bond donors (Lipinski definition) is 0. The maximum Gasteiger partial charge on any atom is 0.200 e. The van der Waals surface area contributed by atoms with Gasteiger partial charge in [0.2, 0.25) is 6.04 Å². The van der Waals surface area contributed by atoms with E-state index in [1.54, 1.807) is 0 Å². The van der Waals surface area contributed by atoms with Gasteiger partial charge in [-0.25, -0.2) is 0 Å². The lowest BCUT2D eigenvalue weighted by atomic mass is 9.85. The van der Waals surface area contributed by atoms with Crippen LogP contribution < -0.4 is 0 Å². The van der Waals surface area contributed by atoms with Crippen LogP contribution in [0.1, 0.15) is 20.8 Å². The van der Waals surface area contributed by atoms with Gasteiger partial charge in [0.25, 0.3) is 0 Å². The summed E-state index contributed by atoms with van der Waals surface area (Å²) < 4.78 is 2.00. The summed E-state index contributed by atoms with van der Waals surface area (Å²) in [4.78, 5) is 0. The van der Waals surface area contributed by atoms with Crippen LogP contribution >= 0.6 is 11.6 Å². The molecule has 1 aliphatic heterocycles. The van der Waals surface area contributed by atoms with Gasteiger partial charge in [-0.2, -0.15) is 0 Å². The van der Waals surface area contributed by atoms with Gasteiger partial charge in [-0.1, -0.05) is 20.8 Å². The van der Waals surface area contributed by atoms with Crippen molar-refractivity contribution in [2.24, 2.45) is 10.5 Å². The van der Waals surface area contributed by atoms with E-state index in [-0.39, 0.29) is 10.8 Å². The quantitative estimate of drug-likeness (QED) is 0.396. The minimum atomic E-state index is 0.181. The molecule has 11 heavy (non-hydrogen) atoms. The van der Waals surface area contributed by atoms with Crippen LogP contribution in [0.2, 0.25) is 0 Å². The Kier molecular flexibility index (Phi) is 2.24. The third kappa shape index (κ3) is 1.73. The number of halogens is 1. The summed E-state index contributed by atoms with van der Waals surface area (Å²) >= 11 is 6.12. The summed E-state index contributed by atoms with van der Waals surface area (Å²) in [6.45, 7) is 7.36. The molecule has 64 valence electrons. The monoisotopic (exact) mass is 175 g/mol. The maximum atomic E-state index is 6.12. The van der Waals surface area contributed by atoms with Crippen LogP contribution in [0.15, 0.2) is 5.11 Å². The van der Waals surface area contributed by atoms with Crippen molar-refractivity contribution >= 4 is 11.6 Å². The minimum absolute atomic E-state index is 0.181. The van der Waals surface area contributed by atoms with Crippen LogP contribution in [-0.2, 0) is 0 Å². The van der Waals surface area contributed by atoms with Gasteiger partial charge >= 0.3 is 0 Å². The van der Waals surface area contributed by atoms with Crippen LogP contribution in [0.5, 0.6) is 0 Å². The zero-order valence-corrected chi connectivity index (χ0v) is 8.39. The Morgan fingerprint density at radius 3 is 2.18 bits per heavy atom. The topological polar surface area (TPSA) is 15.4 Å². The lowest BCUT2D eigenvalue weighted by Gasteiger charge is -2.23. The van der Waals surface area contributed by atoms with Crippen LogP contribution in [0.3, 0.4) is 0 Å². The molecular weight excluding hydrogens is 160 g/mol. The van der Waals surface area contributed by atoms with Gasteiger partial charge in [-0.3, -0.25) is 0 Å². The molecule has 2 unspecified atom stereocenters. The lowest BCUT2D eigenvalue weighted by Crippen LogP contribution is -2.39. The second-order valence-electron chi connectivity index (χ2n) is 4.22. The van der Waals surface area contributed by atoms with Crippen molar-refractivity contribution in [3.8, 4) is 0 Å². The van der Waals surface area contributed by atoms with E-state index in [1.165, 1.54) is 0 Å². The van der Waals surface area contributed by atoms with Crippen molar-refractivity contribution in [2.45, 2.75) is 32.2 Å². The van der Waals surface area contributed by atoms with Crippen molar-refractivity contribution in [1.82, 2.24) is 0 Å². The van der Waals surface area contributed by atoms with E-state index in [0.717, 1.165) is 6.54 Å². The van der Waals surface area contributed by atoms with Crippen LogP contribution in [0.25, 0.3) is 0 Å². The average molecular weight is 176 g/mol. The molecule has 2 atom stereocenters. The second kappa shape index (κ2) is 2.74. The standard InChI is InChI=1S/C8H16ClN2/c1-8(2,3)7-6(9)5-10-11(7)4/h6-7H,5H2,1-4H3/q+1. The fourth-order valence-corrected chi connectivity index (χ4v) is 2.33. The molecule has 1 aliphatic rings. The molecule has 1 rings (SSSR count). The predicted octanol–water partition coefficient (Wildman–Crippen LogP) is 2.12. The van der Waals surface area contributed by atoms with Crippen molar-refractivity contribution in [3.05, 3.63) is 0 Å². The molecule has 0 spiro atoms. The van der Waals surface area contributed by atoms with Gasteiger partial charge in [-0.05, 0) is 5.11 Å². The first-order chi connectivity index (χ1) is 4.93. The third-order valence-corrected chi connectivity index (χ3v) is 2.49. The smallest absolute Gasteiger partial charge is 0.125 e. The fraction of sp³-hybridized carbons (Fsp3) is 1.00. The Bertz CT molecular complexity index is 181. The number of rotatable bonds is 0. The molecule has 2 nitrogen and oxygen atoms in total. The van der Waals surface area contributed by atoms with Crippen molar-refractivity contribution in [2.75, 3.05) is 13.6 Å². The van der Waals surface area contributed by atoms with Crippen molar-refractivity contribution < 1.29 is 4.70 Å². The van der Waals surface area contributed by atoms with E-state index in [0.29, 0.717) is 6.04 Å². The highest BCUT2D eigenvalue weighted by Gasteiger charge is 2.43. The molecule has 0 bridgehead atoms. The molecule has 1 heterocycles. The Balaban J connectivity index is 2.78. The van der Waals surface area contributed by atoms with Gasteiger partial charge in [0.1, 0.15) is 11.9 Å². The van der Waals surface area contributed by atoms with Crippen molar-refractivity contribution in [1.29, 1.82) is 0 Å². The van der Waals surface area contributed by atoms with E-state index in [9.17, 15) is 0 Å². The molecule has 0 aromatic heterocycles. The van der Waals surface area contributed by atoms with Gasteiger partial charge < -0.3 is 0 Å². The number of azo groups is 2. The summed E-state index contributed by atoms with van der Waals surface area (Å²) in [5.74, 6) is 0. The molecule has 0 saturated carbocycles. The molecular formula is C8H16ClN2+. The zero-order valence-electron chi connectivity index (χ0n) is 7.63. The molecule has 0 amide bonds. The van der Waals surface area contributed by atoms with E-state index in [2.05, 4.69) is 25.9 Å². The molecule has 0 aromatic rings. The molecule has 0 aliphatic carbocycles. The molecule has 0 fully saturated rings. The zero-order chi connectivity index (χ0) is 8.65.